The third-order valence-corrected chi connectivity index (χ3v) is 4.16. The van der Waals surface area contributed by atoms with E-state index in [4.69, 9.17) is 16.0 Å². The Morgan fingerprint density at radius 1 is 1.12 bits per heavy atom. The molecule has 5 nitrogen and oxygen atoms in total. The van der Waals surface area contributed by atoms with Crippen molar-refractivity contribution in [1.82, 2.24) is 10.2 Å². The Kier molecular flexibility index (Phi) is 5.16. The van der Waals surface area contributed by atoms with Crippen LogP contribution in [0.15, 0.2) is 63.1 Å². The SMILES string of the molecule is O=C([O-])/C(=C\c1ccc(Cl)cc1)Sc1nnc(-c2ccc(F)cc2)o1. The predicted octanol–water partition coefficient (Wildman–Crippen LogP) is 3.41. The lowest BCUT2D eigenvalue weighted by atomic mass is 10.2. The number of carbonyl (C=O) groups is 1. The lowest BCUT2D eigenvalue weighted by molar-refractivity contribution is -0.298. The van der Waals surface area contributed by atoms with Crippen LogP contribution in [-0.4, -0.2) is 16.2 Å². The fraction of sp³-hybridized carbons (Fsp3) is 0. The number of carboxylic acid groups (broad SMARTS) is 1. The third kappa shape index (κ3) is 4.46. The Bertz CT molecular complexity index is 924. The third-order valence-electron chi connectivity index (χ3n) is 3.06. The van der Waals surface area contributed by atoms with Gasteiger partial charge in [0.2, 0.25) is 5.89 Å². The number of thioether (sulfide) groups is 1. The summed E-state index contributed by atoms with van der Waals surface area (Å²) in [5, 5.41) is 19.5. The van der Waals surface area contributed by atoms with Gasteiger partial charge in [0.15, 0.2) is 0 Å². The van der Waals surface area contributed by atoms with Crippen molar-refractivity contribution >= 4 is 35.4 Å². The summed E-state index contributed by atoms with van der Waals surface area (Å²) >= 11 is 6.57. The minimum Gasteiger partial charge on any atom is -0.544 e. The Balaban J connectivity index is 1.82. The number of carbonyl (C=O) groups excluding carboxylic acids is 1. The number of halogens is 2. The van der Waals surface area contributed by atoms with Gasteiger partial charge in [-0.3, -0.25) is 0 Å². The van der Waals surface area contributed by atoms with Crippen molar-refractivity contribution in [3.05, 3.63) is 69.8 Å². The lowest BCUT2D eigenvalue weighted by Crippen LogP contribution is -2.23. The van der Waals surface area contributed by atoms with Crippen molar-refractivity contribution in [3.8, 4) is 11.5 Å². The van der Waals surface area contributed by atoms with Gasteiger partial charge in [-0.1, -0.05) is 23.7 Å². The van der Waals surface area contributed by atoms with Crippen molar-refractivity contribution in [2.75, 3.05) is 0 Å². The number of aromatic nitrogens is 2. The average molecular weight is 376 g/mol. The van der Waals surface area contributed by atoms with Crippen LogP contribution in [0.25, 0.3) is 17.5 Å². The van der Waals surface area contributed by atoms with Crippen LogP contribution in [0.1, 0.15) is 5.56 Å². The molecule has 0 spiro atoms. The number of rotatable bonds is 5. The van der Waals surface area contributed by atoms with Gasteiger partial charge in [-0.2, -0.15) is 0 Å². The molecule has 0 aliphatic carbocycles. The van der Waals surface area contributed by atoms with E-state index in [1.54, 1.807) is 24.3 Å². The molecule has 8 heteroatoms. The van der Waals surface area contributed by atoms with Gasteiger partial charge in [0.25, 0.3) is 5.22 Å². The molecule has 3 aromatic rings. The first kappa shape index (κ1) is 17.2. The maximum Gasteiger partial charge on any atom is 0.281 e. The molecule has 0 saturated heterocycles. The predicted molar refractivity (Wildman–Crippen MR) is 90.0 cm³/mol. The van der Waals surface area contributed by atoms with Crippen LogP contribution < -0.4 is 5.11 Å². The highest BCUT2D eigenvalue weighted by Crippen LogP contribution is 2.29. The van der Waals surface area contributed by atoms with Crippen molar-refractivity contribution in [2.24, 2.45) is 0 Å². The van der Waals surface area contributed by atoms with E-state index in [1.165, 1.54) is 30.3 Å². The van der Waals surface area contributed by atoms with E-state index in [0.717, 1.165) is 11.8 Å². The van der Waals surface area contributed by atoms with Crippen LogP contribution in [0.4, 0.5) is 4.39 Å². The van der Waals surface area contributed by atoms with Crippen molar-refractivity contribution in [2.45, 2.75) is 5.22 Å². The topological polar surface area (TPSA) is 79.0 Å². The first-order valence-electron chi connectivity index (χ1n) is 6.97. The molecule has 0 fully saturated rings. The highest BCUT2D eigenvalue weighted by atomic mass is 35.5. The van der Waals surface area contributed by atoms with Gasteiger partial charge in [-0.05, 0) is 59.8 Å². The van der Waals surface area contributed by atoms with E-state index >= 15 is 0 Å². The molecule has 0 radical (unpaired) electrons. The highest BCUT2D eigenvalue weighted by molar-refractivity contribution is 8.03. The van der Waals surface area contributed by atoms with E-state index < -0.39 is 5.97 Å². The van der Waals surface area contributed by atoms with E-state index in [9.17, 15) is 14.3 Å². The minimum absolute atomic E-state index is 0.0312. The molecule has 0 aliphatic heterocycles. The molecule has 126 valence electrons. The molecular weight excluding hydrogens is 367 g/mol. The molecule has 0 atom stereocenters. The molecule has 1 heterocycles. The van der Waals surface area contributed by atoms with Crippen LogP contribution >= 0.6 is 23.4 Å². The van der Waals surface area contributed by atoms with Gasteiger partial charge < -0.3 is 14.3 Å². The fourth-order valence-corrected chi connectivity index (χ4v) is 2.69. The molecule has 0 saturated carbocycles. The summed E-state index contributed by atoms with van der Waals surface area (Å²) in [5.74, 6) is -1.60. The molecule has 25 heavy (non-hydrogen) atoms. The monoisotopic (exact) mass is 375 g/mol. The summed E-state index contributed by atoms with van der Waals surface area (Å²) in [6.07, 6.45) is 1.41. The van der Waals surface area contributed by atoms with Gasteiger partial charge in [-0.25, -0.2) is 4.39 Å². The van der Waals surface area contributed by atoms with Crippen molar-refractivity contribution < 1.29 is 18.7 Å². The first-order chi connectivity index (χ1) is 12.0. The van der Waals surface area contributed by atoms with Gasteiger partial charge in [-0.15, -0.1) is 10.2 Å². The van der Waals surface area contributed by atoms with Crippen LogP contribution in [0.3, 0.4) is 0 Å². The van der Waals surface area contributed by atoms with E-state index in [-0.39, 0.29) is 21.8 Å². The number of carboxylic acids is 1. The second kappa shape index (κ2) is 7.50. The van der Waals surface area contributed by atoms with Crippen molar-refractivity contribution in [3.63, 3.8) is 0 Å². The van der Waals surface area contributed by atoms with Crippen LogP contribution in [0.5, 0.6) is 0 Å². The first-order valence-corrected chi connectivity index (χ1v) is 8.16. The average Bonchev–Trinajstić information content (AvgIpc) is 3.05. The number of hydrogen-bond donors (Lipinski definition) is 0. The molecular formula is C17H9ClFN2O3S-. The number of benzene rings is 2. The van der Waals surface area contributed by atoms with Gasteiger partial charge in [0.1, 0.15) is 5.82 Å². The molecule has 0 amide bonds. The molecule has 3 rings (SSSR count). The van der Waals surface area contributed by atoms with E-state index in [0.29, 0.717) is 16.1 Å². The summed E-state index contributed by atoms with van der Waals surface area (Å²) in [7, 11) is 0. The maximum absolute atomic E-state index is 12.9. The standard InChI is InChI=1S/C17H10ClFN2O3S/c18-12-5-1-10(2-6-12)9-14(16(22)23)25-17-21-20-15(24-17)11-3-7-13(19)8-4-11/h1-9H,(H,22,23)/p-1/b14-9+. The van der Waals surface area contributed by atoms with Gasteiger partial charge in [0, 0.05) is 15.5 Å². The second-order valence-electron chi connectivity index (χ2n) is 4.83. The maximum atomic E-state index is 12.9. The number of aliphatic carboxylic acids is 1. The Hall–Kier alpha value is -2.64. The zero-order valence-electron chi connectivity index (χ0n) is 12.5. The summed E-state index contributed by atoms with van der Waals surface area (Å²) in [5.41, 5.74) is 1.16. The molecule has 0 unspecified atom stereocenters. The Morgan fingerprint density at radius 2 is 1.80 bits per heavy atom. The number of hydrogen-bond acceptors (Lipinski definition) is 6. The lowest BCUT2D eigenvalue weighted by Gasteiger charge is -2.05. The summed E-state index contributed by atoms with van der Waals surface area (Å²) in [6, 6.07) is 12.1. The van der Waals surface area contributed by atoms with Crippen LogP contribution in [0, 0.1) is 5.82 Å². The van der Waals surface area contributed by atoms with E-state index in [2.05, 4.69) is 10.2 Å². The molecule has 0 bridgehead atoms. The van der Waals surface area contributed by atoms with Crippen LogP contribution in [0.2, 0.25) is 5.02 Å². The highest BCUT2D eigenvalue weighted by Gasteiger charge is 2.12. The smallest absolute Gasteiger partial charge is 0.281 e. The summed E-state index contributed by atoms with van der Waals surface area (Å²) in [6.45, 7) is 0. The van der Waals surface area contributed by atoms with Crippen LogP contribution in [-0.2, 0) is 4.79 Å². The number of nitrogens with zero attached hydrogens (tertiary/aromatic N) is 2. The van der Waals surface area contributed by atoms with E-state index in [1.807, 2.05) is 0 Å². The fourth-order valence-electron chi connectivity index (χ4n) is 1.89. The molecule has 0 N–H and O–H groups in total. The molecule has 1 aromatic heterocycles. The molecule has 2 aromatic carbocycles. The van der Waals surface area contributed by atoms with Crippen molar-refractivity contribution in [1.29, 1.82) is 0 Å². The largest absolute Gasteiger partial charge is 0.544 e. The normalized spacial score (nSPS) is 11.5. The Labute approximate surface area is 151 Å². The minimum atomic E-state index is -1.37. The molecule has 0 aliphatic rings. The quantitative estimate of drug-likeness (QED) is 0.502. The van der Waals surface area contributed by atoms with Gasteiger partial charge >= 0.3 is 0 Å². The summed E-state index contributed by atoms with van der Waals surface area (Å²) < 4.78 is 18.4. The zero-order chi connectivity index (χ0) is 17.8. The zero-order valence-corrected chi connectivity index (χ0v) is 14.1. The Morgan fingerprint density at radius 3 is 2.44 bits per heavy atom. The summed E-state index contributed by atoms with van der Waals surface area (Å²) in [4.78, 5) is 11.2. The van der Waals surface area contributed by atoms with Gasteiger partial charge in [0.05, 0.1) is 5.97 Å². The second-order valence-corrected chi connectivity index (χ2v) is 6.26.